The van der Waals surface area contributed by atoms with Gasteiger partial charge in [0, 0.05) is 4.47 Å². The standard InChI is InChI=1S/C12H9BrO3/c1-15-11-6-9(13)2-3-10(11)12(14)8-4-5-16-7-8/h2-7H,1H3. The zero-order chi connectivity index (χ0) is 11.5. The van der Waals surface area contributed by atoms with E-state index in [4.69, 9.17) is 9.15 Å². The molecule has 16 heavy (non-hydrogen) atoms. The number of halogens is 1. The average Bonchev–Trinajstić information content (AvgIpc) is 2.81. The van der Waals surface area contributed by atoms with Gasteiger partial charge in [-0.25, -0.2) is 0 Å². The van der Waals surface area contributed by atoms with E-state index >= 15 is 0 Å². The van der Waals surface area contributed by atoms with E-state index in [-0.39, 0.29) is 5.78 Å². The largest absolute Gasteiger partial charge is 0.496 e. The molecule has 0 saturated heterocycles. The summed E-state index contributed by atoms with van der Waals surface area (Å²) in [6.45, 7) is 0. The fourth-order valence-electron chi connectivity index (χ4n) is 1.40. The molecule has 0 amide bonds. The van der Waals surface area contributed by atoms with Gasteiger partial charge >= 0.3 is 0 Å². The van der Waals surface area contributed by atoms with Gasteiger partial charge in [-0.05, 0) is 24.3 Å². The highest BCUT2D eigenvalue weighted by atomic mass is 79.9. The van der Waals surface area contributed by atoms with E-state index in [1.54, 1.807) is 24.3 Å². The quantitative estimate of drug-likeness (QED) is 0.810. The summed E-state index contributed by atoms with van der Waals surface area (Å²) >= 11 is 3.33. The molecule has 3 nitrogen and oxygen atoms in total. The van der Waals surface area contributed by atoms with Crippen molar-refractivity contribution in [2.24, 2.45) is 0 Å². The predicted molar refractivity (Wildman–Crippen MR) is 62.8 cm³/mol. The second-order valence-electron chi connectivity index (χ2n) is 3.19. The predicted octanol–water partition coefficient (Wildman–Crippen LogP) is 3.28. The number of ether oxygens (including phenoxy) is 1. The number of carbonyl (C=O) groups excluding carboxylic acids is 1. The minimum atomic E-state index is -0.113. The second kappa shape index (κ2) is 4.53. The number of ketones is 1. The Labute approximate surface area is 101 Å². The zero-order valence-corrected chi connectivity index (χ0v) is 10.2. The van der Waals surface area contributed by atoms with Gasteiger partial charge in [0.2, 0.25) is 0 Å². The van der Waals surface area contributed by atoms with Crippen molar-refractivity contribution in [2.75, 3.05) is 7.11 Å². The number of carbonyl (C=O) groups is 1. The summed E-state index contributed by atoms with van der Waals surface area (Å²) in [5.74, 6) is 0.429. The van der Waals surface area contributed by atoms with Crippen LogP contribution < -0.4 is 4.74 Å². The Kier molecular flexibility index (Phi) is 3.10. The maximum absolute atomic E-state index is 12.0. The van der Waals surface area contributed by atoms with Crippen molar-refractivity contribution in [1.29, 1.82) is 0 Å². The van der Waals surface area contributed by atoms with Gasteiger partial charge < -0.3 is 9.15 Å². The van der Waals surface area contributed by atoms with Crippen LogP contribution in [0.1, 0.15) is 15.9 Å². The van der Waals surface area contributed by atoms with Crippen LogP contribution in [0.3, 0.4) is 0 Å². The number of methoxy groups -OCH3 is 1. The van der Waals surface area contributed by atoms with Crippen molar-refractivity contribution in [3.05, 3.63) is 52.4 Å². The third-order valence-corrected chi connectivity index (χ3v) is 2.68. The molecule has 0 spiro atoms. The summed E-state index contributed by atoms with van der Waals surface area (Å²) in [7, 11) is 1.54. The summed E-state index contributed by atoms with van der Waals surface area (Å²) in [5, 5.41) is 0. The smallest absolute Gasteiger partial charge is 0.199 e. The Hall–Kier alpha value is -1.55. The van der Waals surface area contributed by atoms with Gasteiger partial charge in [0.15, 0.2) is 5.78 Å². The summed E-state index contributed by atoms with van der Waals surface area (Å²) < 4.78 is 10.9. The molecule has 1 aromatic heterocycles. The minimum Gasteiger partial charge on any atom is -0.496 e. The van der Waals surface area contributed by atoms with Gasteiger partial charge in [0.1, 0.15) is 12.0 Å². The summed E-state index contributed by atoms with van der Waals surface area (Å²) in [5.41, 5.74) is 1.03. The molecular weight excluding hydrogens is 272 g/mol. The van der Waals surface area contributed by atoms with E-state index in [2.05, 4.69) is 15.9 Å². The Morgan fingerprint density at radius 3 is 2.81 bits per heavy atom. The summed E-state index contributed by atoms with van der Waals surface area (Å²) in [6.07, 6.45) is 2.89. The average molecular weight is 281 g/mol. The molecule has 0 N–H and O–H groups in total. The Morgan fingerprint density at radius 1 is 1.38 bits per heavy atom. The Bertz CT molecular complexity index is 503. The highest BCUT2D eigenvalue weighted by Crippen LogP contribution is 2.25. The monoisotopic (exact) mass is 280 g/mol. The molecule has 0 bridgehead atoms. The van der Waals surface area contributed by atoms with Crippen molar-refractivity contribution in [3.63, 3.8) is 0 Å². The van der Waals surface area contributed by atoms with Crippen LogP contribution in [0.15, 0.2) is 45.7 Å². The topological polar surface area (TPSA) is 39.4 Å². The molecule has 1 aromatic carbocycles. The van der Waals surface area contributed by atoms with Crippen molar-refractivity contribution in [3.8, 4) is 5.75 Å². The third-order valence-electron chi connectivity index (χ3n) is 2.19. The first kappa shape index (κ1) is 11.0. The fourth-order valence-corrected chi connectivity index (χ4v) is 1.74. The van der Waals surface area contributed by atoms with Gasteiger partial charge in [0.05, 0.1) is 24.5 Å². The Morgan fingerprint density at radius 2 is 2.19 bits per heavy atom. The lowest BCUT2D eigenvalue weighted by Gasteiger charge is -2.06. The van der Waals surface area contributed by atoms with Crippen molar-refractivity contribution < 1.29 is 13.9 Å². The number of hydrogen-bond donors (Lipinski definition) is 0. The lowest BCUT2D eigenvalue weighted by molar-refractivity contribution is 0.103. The van der Waals surface area contributed by atoms with Gasteiger partial charge in [-0.1, -0.05) is 15.9 Å². The summed E-state index contributed by atoms with van der Waals surface area (Å²) in [6, 6.07) is 6.91. The van der Waals surface area contributed by atoms with E-state index in [0.29, 0.717) is 16.9 Å². The second-order valence-corrected chi connectivity index (χ2v) is 4.10. The Balaban J connectivity index is 2.44. The van der Waals surface area contributed by atoms with Gasteiger partial charge in [-0.3, -0.25) is 4.79 Å². The van der Waals surface area contributed by atoms with Crippen LogP contribution in [0.25, 0.3) is 0 Å². The molecule has 4 heteroatoms. The maximum Gasteiger partial charge on any atom is 0.199 e. The molecule has 0 fully saturated rings. The first-order valence-electron chi connectivity index (χ1n) is 4.63. The van der Waals surface area contributed by atoms with Crippen molar-refractivity contribution in [1.82, 2.24) is 0 Å². The van der Waals surface area contributed by atoms with E-state index in [0.717, 1.165) is 4.47 Å². The molecule has 0 atom stereocenters. The van der Waals surface area contributed by atoms with Crippen LogP contribution in [0.4, 0.5) is 0 Å². The fraction of sp³-hybridized carbons (Fsp3) is 0.0833. The molecule has 1 heterocycles. The molecule has 2 aromatic rings. The first-order valence-corrected chi connectivity index (χ1v) is 5.42. The van der Waals surface area contributed by atoms with Crippen LogP contribution in [-0.4, -0.2) is 12.9 Å². The van der Waals surface area contributed by atoms with Crippen LogP contribution in [-0.2, 0) is 0 Å². The van der Waals surface area contributed by atoms with Crippen LogP contribution in [0.5, 0.6) is 5.75 Å². The highest BCUT2D eigenvalue weighted by Gasteiger charge is 2.15. The van der Waals surface area contributed by atoms with Gasteiger partial charge in [-0.15, -0.1) is 0 Å². The highest BCUT2D eigenvalue weighted by molar-refractivity contribution is 9.10. The van der Waals surface area contributed by atoms with Crippen LogP contribution in [0, 0.1) is 0 Å². The molecule has 0 aliphatic rings. The lowest BCUT2D eigenvalue weighted by atomic mass is 10.1. The third kappa shape index (κ3) is 2.02. The van der Waals surface area contributed by atoms with E-state index < -0.39 is 0 Å². The first-order chi connectivity index (χ1) is 7.72. The molecule has 2 rings (SSSR count). The normalized spacial score (nSPS) is 10.1. The maximum atomic E-state index is 12.0. The number of rotatable bonds is 3. The van der Waals surface area contributed by atoms with E-state index in [9.17, 15) is 4.79 Å². The number of benzene rings is 1. The number of hydrogen-bond acceptors (Lipinski definition) is 3. The van der Waals surface area contributed by atoms with E-state index in [1.807, 2.05) is 0 Å². The molecule has 0 radical (unpaired) electrons. The summed E-state index contributed by atoms with van der Waals surface area (Å²) in [4.78, 5) is 12.0. The molecule has 0 unspecified atom stereocenters. The number of furan rings is 1. The SMILES string of the molecule is COc1cc(Br)ccc1C(=O)c1ccoc1. The van der Waals surface area contributed by atoms with Crippen molar-refractivity contribution in [2.45, 2.75) is 0 Å². The van der Waals surface area contributed by atoms with Gasteiger partial charge in [-0.2, -0.15) is 0 Å². The molecular formula is C12H9BrO3. The zero-order valence-electron chi connectivity index (χ0n) is 8.57. The molecule has 0 aliphatic carbocycles. The van der Waals surface area contributed by atoms with Gasteiger partial charge in [0.25, 0.3) is 0 Å². The molecule has 0 saturated carbocycles. The lowest BCUT2D eigenvalue weighted by Crippen LogP contribution is -2.02. The molecule has 82 valence electrons. The van der Waals surface area contributed by atoms with Crippen LogP contribution in [0.2, 0.25) is 0 Å². The molecule has 0 aliphatic heterocycles. The van der Waals surface area contributed by atoms with Crippen molar-refractivity contribution >= 4 is 21.7 Å². The van der Waals surface area contributed by atoms with Crippen LogP contribution >= 0.6 is 15.9 Å². The minimum absolute atomic E-state index is 0.113. The van der Waals surface area contributed by atoms with E-state index in [1.165, 1.54) is 19.6 Å².